The maximum atomic E-state index is 14.8. The summed E-state index contributed by atoms with van der Waals surface area (Å²) in [5.41, 5.74) is 0.898. The van der Waals surface area contributed by atoms with Crippen LogP contribution in [0.1, 0.15) is 33.3 Å². The second kappa shape index (κ2) is 9.47. The van der Waals surface area contributed by atoms with Crippen LogP contribution in [0.2, 0.25) is 0 Å². The highest BCUT2D eigenvalue weighted by molar-refractivity contribution is 6.20. The molecule has 8 heteroatoms. The maximum Gasteiger partial charge on any atom is 0.333 e. The Balaban J connectivity index is 1.66. The van der Waals surface area contributed by atoms with Gasteiger partial charge in [-0.05, 0) is 42.0 Å². The van der Waals surface area contributed by atoms with Crippen molar-refractivity contribution in [2.24, 2.45) is 17.3 Å². The molecular formula is C29H35FN4O3. The van der Waals surface area contributed by atoms with Crippen LogP contribution < -0.4 is 9.80 Å². The summed E-state index contributed by atoms with van der Waals surface area (Å²) in [5, 5.41) is 0. The van der Waals surface area contributed by atoms with Crippen molar-refractivity contribution in [3.05, 3.63) is 59.9 Å². The first-order chi connectivity index (χ1) is 17.6. The van der Waals surface area contributed by atoms with Crippen LogP contribution in [-0.4, -0.2) is 66.4 Å². The molecule has 37 heavy (non-hydrogen) atoms. The Labute approximate surface area is 217 Å². The minimum Gasteiger partial charge on any atom is -0.365 e. The number of anilines is 2. The largest absolute Gasteiger partial charge is 0.365 e. The second-order valence-corrected chi connectivity index (χ2v) is 11.3. The number of nitrogens with zero attached hydrogens (tertiary/aromatic N) is 4. The normalized spacial score (nSPS) is 21.3. The smallest absolute Gasteiger partial charge is 0.333 e. The summed E-state index contributed by atoms with van der Waals surface area (Å²) in [6.07, 6.45) is 0.212. The molecule has 0 N–H and O–H groups in total. The van der Waals surface area contributed by atoms with E-state index >= 15 is 0 Å². The van der Waals surface area contributed by atoms with Crippen molar-refractivity contribution in [3.63, 3.8) is 0 Å². The van der Waals surface area contributed by atoms with Crippen molar-refractivity contribution in [2.75, 3.05) is 42.5 Å². The minimum absolute atomic E-state index is 0.0484. The first kappa shape index (κ1) is 25.2. The number of benzene rings is 2. The molecule has 0 aliphatic carbocycles. The second-order valence-electron chi connectivity index (χ2n) is 11.3. The van der Waals surface area contributed by atoms with Crippen molar-refractivity contribution >= 4 is 29.2 Å². The van der Waals surface area contributed by atoms with Gasteiger partial charge in [-0.1, -0.05) is 58.0 Å². The molecule has 196 valence electrons. The Kier molecular flexibility index (Phi) is 6.46. The number of piperazine rings is 1. The van der Waals surface area contributed by atoms with Gasteiger partial charge in [0, 0.05) is 38.4 Å². The predicted molar refractivity (Wildman–Crippen MR) is 141 cm³/mol. The van der Waals surface area contributed by atoms with Gasteiger partial charge in [0.2, 0.25) is 11.8 Å². The van der Waals surface area contributed by atoms with Crippen LogP contribution in [0.4, 0.5) is 20.6 Å². The molecule has 3 heterocycles. The van der Waals surface area contributed by atoms with Crippen LogP contribution in [-0.2, 0) is 16.0 Å². The fourth-order valence-corrected chi connectivity index (χ4v) is 6.16. The lowest BCUT2D eigenvalue weighted by atomic mass is 9.67. The van der Waals surface area contributed by atoms with E-state index in [9.17, 15) is 18.8 Å². The predicted octanol–water partition coefficient (Wildman–Crippen LogP) is 4.17. The highest BCUT2D eigenvalue weighted by Crippen LogP contribution is 2.47. The van der Waals surface area contributed by atoms with Crippen LogP contribution in [0.3, 0.4) is 0 Å². The molecule has 2 saturated heterocycles. The van der Waals surface area contributed by atoms with E-state index in [-0.39, 0.29) is 37.2 Å². The minimum atomic E-state index is -1.48. The summed E-state index contributed by atoms with van der Waals surface area (Å²) < 4.78 is 14.8. The molecule has 2 aromatic rings. The Morgan fingerprint density at radius 3 is 2.00 bits per heavy atom. The van der Waals surface area contributed by atoms with Gasteiger partial charge in [0.15, 0.2) is 5.41 Å². The SMILES string of the molecule is CC(C)CN1C(=O)N(CC(C)C)C(=O)C2(Cc3ccccc3N3CCN(c4ccccc4F)C[C@@H]32)C1=O. The Morgan fingerprint density at radius 2 is 1.41 bits per heavy atom. The van der Waals surface area contributed by atoms with Crippen molar-refractivity contribution < 1.29 is 18.8 Å². The van der Waals surface area contributed by atoms with Gasteiger partial charge in [0.1, 0.15) is 5.82 Å². The number of para-hydroxylation sites is 2. The molecule has 4 amide bonds. The summed E-state index contributed by atoms with van der Waals surface area (Å²) in [4.78, 5) is 49.0. The molecule has 2 fully saturated rings. The van der Waals surface area contributed by atoms with Crippen molar-refractivity contribution in [1.82, 2.24) is 9.80 Å². The Bertz CT molecular complexity index is 1200. The van der Waals surface area contributed by atoms with Crippen LogP contribution in [0.15, 0.2) is 48.5 Å². The lowest BCUT2D eigenvalue weighted by molar-refractivity contribution is -0.161. The number of halogens is 1. The van der Waals surface area contributed by atoms with Crippen molar-refractivity contribution in [3.8, 4) is 0 Å². The molecule has 1 spiro atoms. The highest BCUT2D eigenvalue weighted by atomic mass is 19.1. The molecular weight excluding hydrogens is 471 g/mol. The van der Waals surface area contributed by atoms with Crippen LogP contribution in [0, 0.1) is 23.1 Å². The first-order valence-corrected chi connectivity index (χ1v) is 13.2. The molecule has 0 aromatic heterocycles. The fraction of sp³-hybridized carbons (Fsp3) is 0.483. The monoisotopic (exact) mass is 506 g/mol. The van der Waals surface area contributed by atoms with Crippen LogP contribution in [0.25, 0.3) is 0 Å². The fourth-order valence-electron chi connectivity index (χ4n) is 6.16. The number of imide groups is 2. The molecule has 2 aromatic carbocycles. The number of rotatable bonds is 5. The van der Waals surface area contributed by atoms with E-state index in [1.807, 2.05) is 56.9 Å². The lowest BCUT2D eigenvalue weighted by Crippen LogP contribution is -2.76. The van der Waals surface area contributed by atoms with E-state index in [4.69, 9.17) is 0 Å². The topological polar surface area (TPSA) is 64.2 Å². The summed E-state index contributed by atoms with van der Waals surface area (Å²) in [5.74, 6) is -1.10. The zero-order chi connectivity index (χ0) is 26.5. The van der Waals surface area contributed by atoms with E-state index in [1.165, 1.54) is 15.9 Å². The van der Waals surface area contributed by atoms with Gasteiger partial charge in [-0.25, -0.2) is 9.18 Å². The quantitative estimate of drug-likeness (QED) is 0.570. The van der Waals surface area contributed by atoms with Gasteiger partial charge in [-0.15, -0.1) is 0 Å². The van der Waals surface area contributed by atoms with E-state index in [2.05, 4.69) is 4.90 Å². The Morgan fingerprint density at radius 1 is 0.838 bits per heavy atom. The molecule has 3 aliphatic rings. The number of amides is 4. The van der Waals surface area contributed by atoms with Gasteiger partial charge in [-0.3, -0.25) is 19.4 Å². The first-order valence-electron chi connectivity index (χ1n) is 13.2. The summed E-state index contributed by atoms with van der Waals surface area (Å²) in [7, 11) is 0. The van der Waals surface area contributed by atoms with Crippen molar-refractivity contribution in [2.45, 2.75) is 40.2 Å². The summed E-state index contributed by atoms with van der Waals surface area (Å²) in [6.45, 7) is 9.69. The lowest BCUT2D eigenvalue weighted by Gasteiger charge is -2.57. The van der Waals surface area contributed by atoms with E-state index in [1.54, 1.807) is 18.2 Å². The van der Waals surface area contributed by atoms with Gasteiger partial charge in [0.25, 0.3) is 0 Å². The molecule has 7 nitrogen and oxygen atoms in total. The average Bonchev–Trinajstić information content (AvgIpc) is 2.87. The maximum absolute atomic E-state index is 14.8. The number of carbonyl (C=O) groups excluding carboxylic acids is 3. The molecule has 0 radical (unpaired) electrons. The van der Waals surface area contributed by atoms with Gasteiger partial charge in [0.05, 0.1) is 11.7 Å². The van der Waals surface area contributed by atoms with Crippen molar-refractivity contribution in [1.29, 1.82) is 0 Å². The third kappa shape index (κ3) is 4.06. The van der Waals surface area contributed by atoms with E-state index in [0.29, 0.717) is 25.3 Å². The third-order valence-corrected chi connectivity index (χ3v) is 7.72. The molecule has 5 rings (SSSR count). The van der Waals surface area contributed by atoms with Gasteiger partial charge < -0.3 is 9.80 Å². The molecule has 1 atom stereocenters. The number of carbonyl (C=O) groups is 3. The number of barbiturate groups is 1. The number of hydrogen-bond acceptors (Lipinski definition) is 5. The highest BCUT2D eigenvalue weighted by Gasteiger charge is 2.65. The zero-order valence-electron chi connectivity index (χ0n) is 22.0. The molecule has 0 saturated carbocycles. The van der Waals surface area contributed by atoms with E-state index in [0.717, 1.165) is 11.3 Å². The molecule has 3 aliphatic heterocycles. The number of hydrogen-bond donors (Lipinski definition) is 0. The Hall–Kier alpha value is -3.42. The standard InChI is InChI=1S/C29H35FN4O3/c1-19(2)16-33-26(35)29(27(36)34(28(33)37)17-20(3)4)15-21-9-5-7-11-23(21)32-14-13-31(18-25(29)32)24-12-8-6-10-22(24)30/h5-12,19-20,25H,13-18H2,1-4H3/t25-/m1/s1. The van der Waals surface area contributed by atoms with Gasteiger partial charge >= 0.3 is 6.03 Å². The van der Waals surface area contributed by atoms with E-state index < -0.39 is 29.3 Å². The summed E-state index contributed by atoms with van der Waals surface area (Å²) >= 11 is 0. The third-order valence-electron chi connectivity index (χ3n) is 7.72. The van der Waals surface area contributed by atoms with Gasteiger partial charge in [-0.2, -0.15) is 0 Å². The zero-order valence-corrected chi connectivity index (χ0v) is 22.0. The molecule has 0 unspecified atom stereocenters. The van der Waals surface area contributed by atoms with Crippen LogP contribution >= 0.6 is 0 Å². The summed E-state index contributed by atoms with van der Waals surface area (Å²) in [6, 6.07) is 13.4. The average molecular weight is 507 g/mol. The van der Waals surface area contributed by atoms with Crippen LogP contribution in [0.5, 0.6) is 0 Å². The number of urea groups is 1. The molecule has 0 bridgehead atoms. The number of fused-ring (bicyclic) bond motifs is 4.